The number of Topliss-reactive ketones (excluding diaryl/α,β-unsaturated/α-hetero) is 1. The first-order chi connectivity index (χ1) is 3.50. The molecular weight excluding hydrogens is 104 g/mol. The third-order valence-electron chi connectivity index (χ3n) is 1.25. The van der Waals surface area contributed by atoms with Gasteiger partial charge in [0, 0.05) is 0 Å². The molecule has 0 aliphatic carbocycles. The maximum absolute atomic E-state index is 10.5. The van der Waals surface area contributed by atoms with Gasteiger partial charge in [-0.2, -0.15) is 0 Å². The number of likely N-dealkylation sites (N-methyl/N-ethyl adjacent to an activating group) is 1. The third-order valence-corrected chi connectivity index (χ3v) is 1.25. The zero-order chi connectivity index (χ0) is 6.78. The topological polar surface area (TPSA) is 55.1 Å². The van der Waals surface area contributed by atoms with Crippen LogP contribution in [0.25, 0.3) is 0 Å². The molecule has 0 amide bonds. The molecule has 0 aromatic rings. The largest absolute Gasteiger partial charge is 0.307 e. The van der Waals surface area contributed by atoms with Gasteiger partial charge >= 0.3 is 0 Å². The van der Waals surface area contributed by atoms with E-state index in [1.807, 2.05) is 0 Å². The van der Waals surface area contributed by atoms with E-state index in [0.29, 0.717) is 0 Å². The van der Waals surface area contributed by atoms with Gasteiger partial charge in [0.2, 0.25) is 0 Å². The van der Waals surface area contributed by atoms with Gasteiger partial charge in [0.1, 0.15) is 5.66 Å². The fourth-order valence-electron chi connectivity index (χ4n) is 0.176. The van der Waals surface area contributed by atoms with Crippen LogP contribution in [0.15, 0.2) is 0 Å². The SMILES string of the molecule is CNC(C)(N)C(C)=O. The Morgan fingerprint density at radius 1 is 1.75 bits per heavy atom. The highest BCUT2D eigenvalue weighted by atomic mass is 16.1. The van der Waals surface area contributed by atoms with E-state index in [2.05, 4.69) is 5.32 Å². The average Bonchev–Trinajstić information content (AvgIpc) is 1.67. The van der Waals surface area contributed by atoms with E-state index >= 15 is 0 Å². The second-order valence-corrected chi connectivity index (χ2v) is 2.01. The van der Waals surface area contributed by atoms with E-state index in [1.54, 1.807) is 14.0 Å². The quantitative estimate of drug-likeness (QED) is 0.477. The van der Waals surface area contributed by atoms with E-state index in [9.17, 15) is 4.79 Å². The number of nitrogens with one attached hydrogen (secondary N) is 1. The van der Waals surface area contributed by atoms with Crippen molar-refractivity contribution >= 4 is 5.78 Å². The van der Waals surface area contributed by atoms with Gasteiger partial charge in [-0.15, -0.1) is 0 Å². The molecule has 8 heavy (non-hydrogen) atoms. The molecule has 0 heterocycles. The first-order valence-corrected chi connectivity index (χ1v) is 2.49. The van der Waals surface area contributed by atoms with Crippen LogP contribution in [-0.2, 0) is 4.79 Å². The van der Waals surface area contributed by atoms with E-state index in [-0.39, 0.29) is 5.78 Å². The lowest BCUT2D eigenvalue weighted by atomic mass is 10.1. The smallest absolute Gasteiger partial charge is 0.163 e. The van der Waals surface area contributed by atoms with Gasteiger partial charge in [-0.1, -0.05) is 0 Å². The highest BCUT2D eigenvalue weighted by molar-refractivity contribution is 5.84. The van der Waals surface area contributed by atoms with Crippen molar-refractivity contribution < 1.29 is 4.79 Å². The third kappa shape index (κ3) is 1.60. The summed E-state index contributed by atoms with van der Waals surface area (Å²) < 4.78 is 0. The molecule has 3 heteroatoms. The maximum atomic E-state index is 10.5. The Balaban J connectivity index is 3.91. The Bertz CT molecular complexity index is 98.6. The summed E-state index contributed by atoms with van der Waals surface area (Å²) in [5.74, 6) is -0.0556. The van der Waals surface area contributed by atoms with Crippen molar-refractivity contribution in [2.24, 2.45) is 5.73 Å². The lowest BCUT2D eigenvalue weighted by Gasteiger charge is -2.19. The Kier molecular flexibility index (Phi) is 2.12. The molecule has 3 N–H and O–H groups in total. The molecule has 3 nitrogen and oxygen atoms in total. The summed E-state index contributed by atoms with van der Waals surface area (Å²) in [5, 5.41) is 2.67. The van der Waals surface area contributed by atoms with E-state index < -0.39 is 5.66 Å². The Labute approximate surface area is 49.3 Å². The number of nitrogens with two attached hydrogens (primary N) is 1. The van der Waals surface area contributed by atoms with Crippen molar-refractivity contribution in [3.05, 3.63) is 0 Å². The molecule has 0 aromatic heterocycles. The zero-order valence-corrected chi connectivity index (χ0v) is 5.49. The molecular formula is C5H12N2O. The molecule has 0 radical (unpaired) electrons. The summed E-state index contributed by atoms with van der Waals surface area (Å²) in [4.78, 5) is 10.5. The average molecular weight is 116 g/mol. The molecule has 1 unspecified atom stereocenters. The van der Waals surface area contributed by atoms with Crippen LogP contribution < -0.4 is 11.1 Å². The highest BCUT2D eigenvalue weighted by Crippen LogP contribution is 1.91. The maximum Gasteiger partial charge on any atom is 0.163 e. The van der Waals surface area contributed by atoms with Crippen molar-refractivity contribution in [1.82, 2.24) is 5.32 Å². The first kappa shape index (κ1) is 7.59. The zero-order valence-electron chi connectivity index (χ0n) is 5.49. The van der Waals surface area contributed by atoms with Crippen molar-refractivity contribution in [1.29, 1.82) is 0 Å². The van der Waals surface area contributed by atoms with Crippen LogP contribution >= 0.6 is 0 Å². The monoisotopic (exact) mass is 116 g/mol. The Hall–Kier alpha value is -0.410. The van der Waals surface area contributed by atoms with Gasteiger partial charge in [0.15, 0.2) is 5.78 Å². The number of ketones is 1. The summed E-state index contributed by atoms with van der Waals surface area (Å²) in [7, 11) is 1.65. The fraction of sp³-hybridized carbons (Fsp3) is 0.800. The summed E-state index contributed by atoms with van der Waals surface area (Å²) in [5.41, 5.74) is 4.55. The van der Waals surface area contributed by atoms with Gasteiger partial charge < -0.3 is 5.73 Å². The predicted octanol–water partition coefficient (Wildman–Crippen LogP) is -0.530. The second kappa shape index (κ2) is 2.24. The van der Waals surface area contributed by atoms with E-state index in [1.165, 1.54) is 6.92 Å². The molecule has 0 aliphatic heterocycles. The fourth-order valence-corrected chi connectivity index (χ4v) is 0.176. The number of carbonyl (C=O) groups excluding carboxylic acids is 1. The van der Waals surface area contributed by atoms with Crippen LogP contribution in [0.3, 0.4) is 0 Å². The molecule has 0 bridgehead atoms. The van der Waals surface area contributed by atoms with Crippen LogP contribution in [0, 0.1) is 0 Å². The molecule has 1 atom stereocenters. The number of hydrogen-bond acceptors (Lipinski definition) is 3. The van der Waals surface area contributed by atoms with Crippen molar-refractivity contribution in [3.8, 4) is 0 Å². The molecule has 0 saturated heterocycles. The number of carbonyl (C=O) groups is 1. The lowest BCUT2D eigenvalue weighted by Crippen LogP contribution is -2.54. The van der Waals surface area contributed by atoms with Crippen LogP contribution in [0.1, 0.15) is 13.8 Å². The van der Waals surface area contributed by atoms with Gasteiger partial charge in [-0.3, -0.25) is 10.1 Å². The minimum absolute atomic E-state index is 0.0556. The van der Waals surface area contributed by atoms with Gasteiger partial charge in [-0.25, -0.2) is 0 Å². The molecule has 0 fully saturated rings. The van der Waals surface area contributed by atoms with Gasteiger partial charge in [0.05, 0.1) is 0 Å². The van der Waals surface area contributed by atoms with Gasteiger partial charge in [-0.05, 0) is 20.9 Å². The Morgan fingerprint density at radius 2 is 2.12 bits per heavy atom. The van der Waals surface area contributed by atoms with E-state index in [0.717, 1.165) is 0 Å². The molecule has 0 aliphatic rings. The van der Waals surface area contributed by atoms with E-state index in [4.69, 9.17) is 5.73 Å². The standard InChI is InChI=1S/C5H12N2O/c1-4(8)5(2,6)7-3/h7H,6H2,1-3H3. The minimum Gasteiger partial charge on any atom is -0.307 e. The predicted molar refractivity (Wildman–Crippen MR) is 32.3 cm³/mol. The van der Waals surface area contributed by atoms with Crippen LogP contribution in [-0.4, -0.2) is 18.5 Å². The van der Waals surface area contributed by atoms with Crippen molar-refractivity contribution in [2.75, 3.05) is 7.05 Å². The molecule has 0 saturated carbocycles. The normalized spacial score (nSPS) is 17.5. The van der Waals surface area contributed by atoms with Crippen LogP contribution in [0.5, 0.6) is 0 Å². The second-order valence-electron chi connectivity index (χ2n) is 2.01. The highest BCUT2D eigenvalue weighted by Gasteiger charge is 2.20. The first-order valence-electron chi connectivity index (χ1n) is 2.49. The number of rotatable bonds is 2. The Morgan fingerprint density at radius 3 is 2.12 bits per heavy atom. The van der Waals surface area contributed by atoms with Gasteiger partial charge in [0.25, 0.3) is 0 Å². The van der Waals surface area contributed by atoms with Crippen molar-refractivity contribution in [3.63, 3.8) is 0 Å². The molecule has 48 valence electrons. The van der Waals surface area contributed by atoms with Crippen LogP contribution in [0.4, 0.5) is 0 Å². The number of hydrogen-bond donors (Lipinski definition) is 2. The summed E-state index contributed by atoms with van der Waals surface area (Å²) in [6, 6.07) is 0. The minimum atomic E-state index is -0.847. The lowest BCUT2D eigenvalue weighted by molar-refractivity contribution is -0.122. The van der Waals surface area contributed by atoms with Crippen LogP contribution in [0.2, 0.25) is 0 Å². The summed E-state index contributed by atoms with van der Waals surface area (Å²) >= 11 is 0. The summed E-state index contributed by atoms with van der Waals surface area (Å²) in [6.45, 7) is 3.09. The molecule has 0 spiro atoms. The molecule has 0 rings (SSSR count). The van der Waals surface area contributed by atoms with Crippen molar-refractivity contribution in [2.45, 2.75) is 19.5 Å². The summed E-state index contributed by atoms with van der Waals surface area (Å²) in [6.07, 6.45) is 0. The molecule has 0 aromatic carbocycles.